The maximum atomic E-state index is 11.8. The first kappa shape index (κ1) is 17.6. The average Bonchev–Trinajstić information content (AvgIpc) is 3.31. The van der Waals surface area contributed by atoms with Crippen molar-refractivity contribution in [2.75, 3.05) is 6.54 Å². The van der Waals surface area contributed by atoms with Gasteiger partial charge < -0.3 is 25.6 Å². The van der Waals surface area contributed by atoms with E-state index in [1.807, 2.05) is 24.3 Å². The summed E-state index contributed by atoms with van der Waals surface area (Å²) in [5, 5.41) is 26.9. The summed E-state index contributed by atoms with van der Waals surface area (Å²) < 4.78 is 5.67. The number of halogens is 1. The monoisotopic (exact) mass is 354 g/mol. The average molecular weight is 355 g/mol. The van der Waals surface area contributed by atoms with Crippen molar-refractivity contribution >= 4 is 17.5 Å². The van der Waals surface area contributed by atoms with Crippen LogP contribution >= 0.6 is 11.6 Å². The fraction of sp³-hybridized carbons (Fsp3) is 0.588. The smallest absolute Gasteiger partial charge is 0.222 e. The van der Waals surface area contributed by atoms with Gasteiger partial charge in [0, 0.05) is 24.2 Å². The van der Waals surface area contributed by atoms with Crippen LogP contribution in [0, 0.1) is 0 Å². The van der Waals surface area contributed by atoms with E-state index in [2.05, 4.69) is 10.6 Å². The van der Waals surface area contributed by atoms with E-state index < -0.39 is 24.4 Å². The predicted molar refractivity (Wildman–Crippen MR) is 89.6 cm³/mol. The van der Waals surface area contributed by atoms with Crippen molar-refractivity contribution in [2.24, 2.45) is 0 Å². The van der Waals surface area contributed by atoms with Crippen LogP contribution in [0.1, 0.15) is 24.8 Å². The van der Waals surface area contributed by atoms with Crippen LogP contribution < -0.4 is 10.6 Å². The molecule has 1 aromatic carbocycles. The van der Waals surface area contributed by atoms with E-state index in [-0.39, 0.29) is 18.4 Å². The molecule has 0 radical (unpaired) electrons. The molecule has 0 unspecified atom stereocenters. The molecule has 0 aromatic heterocycles. The van der Waals surface area contributed by atoms with E-state index >= 15 is 0 Å². The van der Waals surface area contributed by atoms with Crippen LogP contribution in [0.5, 0.6) is 0 Å². The number of hydrogen-bond donors (Lipinski definition) is 4. The molecular formula is C17H23ClN2O4. The van der Waals surface area contributed by atoms with Gasteiger partial charge in [0.25, 0.3) is 0 Å². The summed E-state index contributed by atoms with van der Waals surface area (Å²) in [4.78, 5) is 11.8. The number of carbonyl (C=O) groups is 1. The zero-order valence-electron chi connectivity index (χ0n) is 13.3. The molecule has 1 amide bonds. The van der Waals surface area contributed by atoms with Gasteiger partial charge >= 0.3 is 0 Å². The molecule has 4 atom stereocenters. The molecule has 0 bridgehead atoms. The maximum absolute atomic E-state index is 11.8. The highest BCUT2D eigenvalue weighted by molar-refractivity contribution is 6.30. The Hall–Kier alpha value is -1.18. The highest BCUT2D eigenvalue weighted by Crippen LogP contribution is 2.24. The lowest BCUT2D eigenvalue weighted by Crippen LogP contribution is -2.38. The third-order valence-corrected chi connectivity index (χ3v) is 4.59. The lowest BCUT2D eigenvalue weighted by molar-refractivity contribution is -0.125. The lowest BCUT2D eigenvalue weighted by Gasteiger charge is -2.15. The Bertz CT molecular complexity index is 581. The van der Waals surface area contributed by atoms with Gasteiger partial charge in [-0.05, 0) is 30.5 Å². The van der Waals surface area contributed by atoms with Crippen LogP contribution in [0.3, 0.4) is 0 Å². The Kier molecular flexibility index (Phi) is 5.73. The molecule has 2 aliphatic rings. The largest absolute Gasteiger partial charge is 0.388 e. The van der Waals surface area contributed by atoms with E-state index in [9.17, 15) is 15.0 Å². The van der Waals surface area contributed by atoms with Crippen LogP contribution in [0.25, 0.3) is 0 Å². The molecule has 1 saturated heterocycles. The number of aliphatic hydroxyl groups is 2. The number of carbonyl (C=O) groups excluding carboxylic acids is 1. The molecule has 1 aromatic rings. The first-order valence-corrected chi connectivity index (χ1v) is 8.67. The molecular weight excluding hydrogens is 332 g/mol. The molecule has 132 valence electrons. The predicted octanol–water partition coefficient (Wildman–Crippen LogP) is 0.587. The third-order valence-electron chi connectivity index (χ3n) is 4.35. The van der Waals surface area contributed by atoms with Gasteiger partial charge in [-0.25, -0.2) is 0 Å². The first-order valence-electron chi connectivity index (χ1n) is 8.29. The van der Waals surface area contributed by atoms with E-state index in [4.69, 9.17) is 16.3 Å². The van der Waals surface area contributed by atoms with Crippen molar-refractivity contribution in [3.8, 4) is 0 Å². The van der Waals surface area contributed by atoms with E-state index in [1.54, 1.807) is 0 Å². The van der Waals surface area contributed by atoms with Crippen LogP contribution in [-0.4, -0.2) is 53.1 Å². The molecule has 0 spiro atoms. The van der Waals surface area contributed by atoms with Crippen molar-refractivity contribution in [2.45, 2.75) is 56.3 Å². The van der Waals surface area contributed by atoms with Crippen LogP contribution in [0.4, 0.5) is 0 Å². The zero-order valence-corrected chi connectivity index (χ0v) is 14.1. The summed E-state index contributed by atoms with van der Waals surface area (Å²) in [6, 6.07) is 7.77. The number of ether oxygens (including phenoxy) is 1. The summed E-state index contributed by atoms with van der Waals surface area (Å²) in [7, 11) is 0. The number of hydrogen-bond acceptors (Lipinski definition) is 5. The fourth-order valence-electron chi connectivity index (χ4n) is 2.87. The number of aliphatic hydroxyl groups excluding tert-OH is 2. The van der Waals surface area contributed by atoms with Gasteiger partial charge in [0.2, 0.25) is 5.91 Å². The van der Waals surface area contributed by atoms with Crippen molar-refractivity contribution in [1.29, 1.82) is 0 Å². The summed E-state index contributed by atoms with van der Waals surface area (Å²) in [6.45, 7) is 0.960. The van der Waals surface area contributed by atoms with Crippen LogP contribution in [-0.2, 0) is 16.1 Å². The summed E-state index contributed by atoms with van der Waals surface area (Å²) in [5.74, 6) is -0.138. The molecule has 4 N–H and O–H groups in total. The van der Waals surface area contributed by atoms with Crippen LogP contribution in [0.15, 0.2) is 24.3 Å². The standard InChI is InChI=1S/C17H23ClN2O4/c18-11-3-1-2-10(6-11)8-19-9-14-17(23)16(22)13(24-14)7-15(21)20-12-4-5-12/h1-3,6,12-14,16-17,19,22-23H,4-5,7-9H2,(H,20,21)/t13-,14+,16-,17+/m0/s1. The van der Waals surface area contributed by atoms with Crippen molar-refractivity contribution in [3.63, 3.8) is 0 Å². The second kappa shape index (κ2) is 7.80. The van der Waals surface area contributed by atoms with Gasteiger partial charge in [-0.3, -0.25) is 4.79 Å². The van der Waals surface area contributed by atoms with Gasteiger partial charge in [-0.1, -0.05) is 23.7 Å². The van der Waals surface area contributed by atoms with Crippen molar-refractivity contribution in [1.82, 2.24) is 10.6 Å². The molecule has 1 heterocycles. The zero-order chi connectivity index (χ0) is 17.1. The first-order chi connectivity index (χ1) is 11.5. The maximum Gasteiger partial charge on any atom is 0.222 e. The number of benzene rings is 1. The van der Waals surface area contributed by atoms with Crippen molar-refractivity contribution < 1.29 is 19.7 Å². The Morgan fingerprint density at radius 1 is 1.25 bits per heavy atom. The van der Waals surface area contributed by atoms with Gasteiger partial charge in [-0.2, -0.15) is 0 Å². The second-order valence-electron chi connectivity index (χ2n) is 6.50. The molecule has 3 rings (SSSR count). The summed E-state index contributed by atoms with van der Waals surface area (Å²) in [5.41, 5.74) is 1.02. The second-order valence-corrected chi connectivity index (χ2v) is 6.94. The minimum Gasteiger partial charge on any atom is -0.388 e. The molecule has 24 heavy (non-hydrogen) atoms. The highest BCUT2D eigenvalue weighted by atomic mass is 35.5. The van der Waals surface area contributed by atoms with E-state index in [1.165, 1.54) is 0 Å². The summed E-state index contributed by atoms with van der Waals surface area (Å²) >= 11 is 5.94. The van der Waals surface area contributed by atoms with Gasteiger partial charge in [0.05, 0.1) is 18.6 Å². The molecule has 7 heteroatoms. The van der Waals surface area contributed by atoms with Crippen LogP contribution in [0.2, 0.25) is 5.02 Å². The Labute approximate surface area is 146 Å². The Morgan fingerprint density at radius 2 is 2.00 bits per heavy atom. The quantitative estimate of drug-likeness (QED) is 0.575. The SMILES string of the molecule is O=C(C[C@@H]1O[C@H](CNCc2cccc(Cl)c2)[C@@H](O)[C@H]1O)NC1CC1. The Balaban J connectivity index is 1.44. The molecule has 1 saturated carbocycles. The van der Waals surface area contributed by atoms with E-state index in [0.717, 1.165) is 18.4 Å². The minimum atomic E-state index is -1.05. The van der Waals surface area contributed by atoms with E-state index in [0.29, 0.717) is 18.1 Å². The lowest BCUT2D eigenvalue weighted by atomic mass is 10.1. The molecule has 2 fully saturated rings. The van der Waals surface area contributed by atoms with Gasteiger partial charge in [0.1, 0.15) is 12.2 Å². The third kappa shape index (κ3) is 4.68. The van der Waals surface area contributed by atoms with Crippen molar-refractivity contribution in [3.05, 3.63) is 34.9 Å². The molecule has 1 aliphatic heterocycles. The highest BCUT2D eigenvalue weighted by Gasteiger charge is 2.43. The molecule has 6 nitrogen and oxygen atoms in total. The number of rotatable bonds is 7. The number of amides is 1. The normalized spacial score (nSPS) is 29.6. The summed E-state index contributed by atoms with van der Waals surface area (Å²) in [6.07, 6.45) is -1.17. The minimum absolute atomic E-state index is 0.0690. The molecule has 1 aliphatic carbocycles. The topological polar surface area (TPSA) is 90.8 Å². The van der Waals surface area contributed by atoms with Gasteiger partial charge in [0.15, 0.2) is 0 Å². The van der Waals surface area contributed by atoms with Gasteiger partial charge in [-0.15, -0.1) is 0 Å². The Morgan fingerprint density at radius 3 is 2.71 bits per heavy atom. The number of nitrogens with one attached hydrogen (secondary N) is 2. The fourth-order valence-corrected chi connectivity index (χ4v) is 3.08.